The zero-order chi connectivity index (χ0) is 10.9. The molecule has 14 heavy (non-hydrogen) atoms. The summed E-state index contributed by atoms with van der Waals surface area (Å²) >= 11 is 3.50. The van der Waals surface area contributed by atoms with Gasteiger partial charge in [0.05, 0.1) is 7.11 Å². The average molecular weight is 258 g/mol. The molecule has 0 heterocycles. The van der Waals surface area contributed by atoms with E-state index < -0.39 is 5.54 Å². The van der Waals surface area contributed by atoms with Crippen molar-refractivity contribution in [2.45, 2.75) is 26.3 Å². The van der Waals surface area contributed by atoms with E-state index >= 15 is 0 Å². The van der Waals surface area contributed by atoms with Gasteiger partial charge in [0, 0.05) is 15.6 Å². The number of ether oxygens (including phenoxy) is 1. The lowest BCUT2D eigenvalue weighted by molar-refractivity contribution is 0.390. The maximum absolute atomic E-state index is 6.09. The topological polar surface area (TPSA) is 35.2 Å². The summed E-state index contributed by atoms with van der Waals surface area (Å²) in [6, 6.07) is 4.01. The van der Waals surface area contributed by atoms with Crippen molar-refractivity contribution in [2.24, 2.45) is 5.73 Å². The van der Waals surface area contributed by atoms with Gasteiger partial charge in [0.2, 0.25) is 0 Å². The third-order valence-corrected chi connectivity index (χ3v) is 2.81. The molecule has 2 N–H and O–H groups in total. The van der Waals surface area contributed by atoms with Crippen LogP contribution in [0.1, 0.15) is 25.0 Å². The standard InChI is InChI=1S/C11H16BrNO/c1-7-5-6-8(12)9(10(7)14-4)11(2,3)13/h5-6H,13H2,1-4H3. The van der Waals surface area contributed by atoms with Gasteiger partial charge in [0.25, 0.3) is 0 Å². The maximum atomic E-state index is 6.09. The summed E-state index contributed by atoms with van der Waals surface area (Å²) in [5, 5.41) is 0. The molecule has 0 saturated heterocycles. The molecule has 2 nitrogen and oxygen atoms in total. The molecule has 1 rings (SSSR count). The van der Waals surface area contributed by atoms with Crippen molar-refractivity contribution in [3.8, 4) is 5.75 Å². The van der Waals surface area contributed by atoms with Crippen molar-refractivity contribution in [1.29, 1.82) is 0 Å². The third kappa shape index (κ3) is 2.10. The monoisotopic (exact) mass is 257 g/mol. The molecule has 0 saturated carbocycles. The maximum Gasteiger partial charge on any atom is 0.127 e. The van der Waals surface area contributed by atoms with Crippen LogP contribution < -0.4 is 10.5 Å². The van der Waals surface area contributed by atoms with E-state index in [2.05, 4.69) is 15.9 Å². The first-order valence-electron chi connectivity index (χ1n) is 4.50. The highest BCUT2D eigenvalue weighted by molar-refractivity contribution is 9.10. The predicted molar refractivity (Wildman–Crippen MR) is 62.6 cm³/mol. The number of hydrogen-bond donors (Lipinski definition) is 1. The van der Waals surface area contributed by atoms with E-state index in [0.717, 1.165) is 21.3 Å². The number of halogens is 1. The van der Waals surface area contributed by atoms with E-state index in [9.17, 15) is 0 Å². The van der Waals surface area contributed by atoms with Crippen molar-refractivity contribution in [2.75, 3.05) is 7.11 Å². The SMILES string of the molecule is COc1c(C)ccc(Br)c1C(C)(C)N. The number of hydrogen-bond acceptors (Lipinski definition) is 2. The van der Waals surface area contributed by atoms with Gasteiger partial charge in [-0.2, -0.15) is 0 Å². The summed E-state index contributed by atoms with van der Waals surface area (Å²) in [6.07, 6.45) is 0. The van der Waals surface area contributed by atoms with Crippen molar-refractivity contribution in [1.82, 2.24) is 0 Å². The summed E-state index contributed by atoms with van der Waals surface area (Å²) < 4.78 is 6.37. The molecule has 0 aliphatic rings. The Hall–Kier alpha value is -0.540. The van der Waals surface area contributed by atoms with Crippen LogP contribution in [0.25, 0.3) is 0 Å². The van der Waals surface area contributed by atoms with E-state index in [0.29, 0.717) is 0 Å². The average Bonchev–Trinajstić information content (AvgIpc) is 2.06. The fraction of sp³-hybridized carbons (Fsp3) is 0.455. The van der Waals surface area contributed by atoms with Crippen LogP contribution in [0.2, 0.25) is 0 Å². The molecule has 0 amide bonds. The molecule has 0 fully saturated rings. The zero-order valence-electron chi connectivity index (χ0n) is 9.02. The molecular formula is C11H16BrNO. The lowest BCUT2D eigenvalue weighted by Gasteiger charge is -2.24. The first kappa shape index (κ1) is 11.5. The van der Waals surface area contributed by atoms with Crippen molar-refractivity contribution in [3.05, 3.63) is 27.7 Å². The number of nitrogens with two attached hydrogens (primary N) is 1. The highest BCUT2D eigenvalue weighted by atomic mass is 79.9. The summed E-state index contributed by atoms with van der Waals surface area (Å²) in [5.41, 5.74) is 7.80. The zero-order valence-corrected chi connectivity index (χ0v) is 10.6. The fourth-order valence-electron chi connectivity index (χ4n) is 1.53. The molecule has 3 heteroatoms. The van der Waals surface area contributed by atoms with Crippen LogP contribution in [0.3, 0.4) is 0 Å². The van der Waals surface area contributed by atoms with Gasteiger partial charge in [-0.05, 0) is 32.4 Å². The summed E-state index contributed by atoms with van der Waals surface area (Å²) in [4.78, 5) is 0. The lowest BCUT2D eigenvalue weighted by atomic mass is 9.93. The second-order valence-corrected chi connectivity index (χ2v) is 4.85. The normalized spacial score (nSPS) is 11.6. The molecular weight excluding hydrogens is 242 g/mol. The van der Waals surface area contributed by atoms with Gasteiger partial charge in [0.15, 0.2) is 0 Å². The quantitative estimate of drug-likeness (QED) is 0.885. The predicted octanol–water partition coefficient (Wildman–Crippen LogP) is 2.96. The van der Waals surface area contributed by atoms with E-state index in [-0.39, 0.29) is 0 Å². The molecule has 0 bridgehead atoms. The van der Waals surface area contributed by atoms with Crippen molar-refractivity contribution < 1.29 is 4.74 Å². The minimum atomic E-state index is -0.407. The Morgan fingerprint density at radius 1 is 1.36 bits per heavy atom. The van der Waals surface area contributed by atoms with E-state index in [1.54, 1.807) is 7.11 Å². The minimum Gasteiger partial charge on any atom is -0.496 e. The van der Waals surface area contributed by atoms with Crippen LogP contribution in [0.5, 0.6) is 5.75 Å². The Bertz CT molecular complexity index is 342. The van der Waals surface area contributed by atoms with Crippen molar-refractivity contribution in [3.63, 3.8) is 0 Å². The smallest absolute Gasteiger partial charge is 0.127 e. The molecule has 0 atom stereocenters. The first-order valence-corrected chi connectivity index (χ1v) is 5.29. The van der Waals surface area contributed by atoms with E-state index in [1.165, 1.54) is 0 Å². The number of methoxy groups -OCH3 is 1. The van der Waals surface area contributed by atoms with Gasteiger partial charge in [0.1, 0.15) is 5.75 Å². The Morgan fingerprint density at radius 2 is 1.93 bits per heavy atom. The number of rotatable bonds is 2. The summed E-state index contributed by atoms with van der Waals surface area (Å²) in [6.45, 7) is 5.95. The molecule has 0 aliphatic carbocycles. The lowest BCUT2D eigenvalue weighted by Crippen LogP contribution is -2.30. The molecule has 1 aromatic carbocycles. The largest absolute Gasteiger partial charge is 0.496 e. The molecule has 0 aliphatic heterocycles. The molecule has 0 unspecified atom stereocenters. The first-order chi connectivity index (χ1) is 6.38. The van der Waals surface area contributed by atoms with Crippen molar-refractivity contribution >= 4 is 15.9 Å². The van der Waals surface area contributed by atoms with Crippen LogP contribution in [0.4, 0.5) is 0 Å². The Kier molecular flexibility index (Phi) is 3.22. The van der Waals surface area contributed by atoms with Gasteiger partial charge in [-0.25, -0.2) is 0 Å². The van der Waals surface area contributed by atoms with Gasteiger partial charge in [-0.15, -0.1) is 0 Å². The molecule has 1 aromatic rings. The Balaban J connectivity index is 3.46. The summed E-state index contributed by atoms with van der Waals surface area (Å²) in [7, 11) is 1.67. The number of aryl methyl sites for hydroxylation is 1. The second kappa shape index (κ2) is 3.91. The highest BCUT2D eigenvalue weighted by Gasteiger charge is 2.23. The summed E-state index contributed by atoms with van der Waals surface area (Å²) in [5.74, 6) is 0.867. The molecule has 78 valence electrons. The second-order valence-electron chi connectivity index (χ2n) is 3.99. The van der Waals surface area contributed by atoms with E-state index in [4.69, 9.17) is 10.5 Å². The highest BCUT2D eigenvalue weighted by Crippen LogP contribution is 2.36. The Labute approximate surface area is 93.6 Å². The third-order valence-electron chi connectivity index (χ3n) is 2.15. The molecule has 0 aromatic heterocycles. The minimum absolute atomic E-state index is 0.407. The Morgan fingerprint density at radius 3 is 2.29 bits per heavy atom. The van der Waals surface area contributed by atoms with Gasteiger partial charge in [-0.1, -0.05) is 22.0 Å². The van der Waals surface area contributed by atoms with Crippen LogP contribution >= 0.6 is 15.9 Å². The molecule has 0 radical (unpaired) electrons. The van der Waals surface area contributed by atoms with Crippen LogP contribution in [0.15, 0.2) is 16.6 Å². The van der Waals surface area contributed by atoms with Gasteiger partial charge in [-0.3, -0.25) is 0 Å². The van der Waals surface area contributed by atoms with Gasteiger partial charge >= 0.3 is 0 Å². The number of benzene rings is 1. The van der Waals surface area contributed by atoms with Gasteiger partial charge < -0.3 is 10.5 Å². The van der Waals surface area contributed by atoms with E-state index in [1.807, 2.05) is 32.9 Å². The van der Waals surface area contributed by atoms with Crippen LogP contribution in [-0.2, 0) is 5.54 Å². The van der Waals surface area contributed by atoms with Crippen LogP contribution in [-0.4, -0.2) is 7.11 Å². The fourth-order valence-corrected chi connectivity index (χ4v) is 2.35. The van der Waals surface area contributed by atoms with Crippen LogP contribution in [0, 0.1) is 6.92 Å². The molecule has 0 spiro atoms.